The first-order valence-corrected chi connectivity index (χ1v) is 6.46. The van der Waals surface area contributed by atoms with Crippen molar-refractivity contribution < 1.29 is 13.2 Å². The van der Waals surface area contributed by atoms with Crippen molar-refractivity contribution in [2.45, 2.75) is 45.7 Å². The summed E-state index contributed by atoms with van der Waals surface area (Å²) in [7, 11) is 0. The number of rotatable bonds is 3. The third kappa shape index (κ3) is 3.96. The first-order valence-electron chi connectivity index (χ1n) is 6.08. The Morgan fingerprint density at radius 3 is 1.79 bits per heavy atom. The largest absolute Gasteiger partial charge is 0.444 e. The number of hydrogen-bond donors (Lipinski definition) is 0. The molecule has 0 saturated heterocycles. The monoisotopic (exact) mass is 291 g/mol. The minimum atomic E-state index is -4.61. The molecule has 0 unspecified atom stereocenters. The molecule has 19 heavy (non-hydrogen) atoms. The Bertz CT molecular complexity index is 450. The van der Waals surface area contributed by atoms with Crippen molar-refractivity contribution in [1.82, 2.24) is 0 Å². The van der Waals surface area contributed by atoms with E-state index >= 15 is 0 Å². The Balaban J connectivity index is 3.46. The number of aliphatic imine (C=N–C) groups is 1. The Morgan fingerprint density at radius 2 is 1.47 bits per heavy atom. The van der Waals surface area contributed by atoms with Crippen molar-refractivity contribution in [2.24, 2.45) is 4.99 Å². The lowest BCUT2D eigenvalue weighted by Gasteiger charge is -2.17. The molecule has 0 aromatic heterocycles. The topological polar surface area (TPSA) is 12.4 Å². The van der Waals surface area contributed by atoms with Crippen molar-refractivity contribution in [3.63, 3.8) is 0 Å². The standard InChI is InChI=1S/C14H17ClF3N/c1-8(2)10-6-5-7-11(9(3)4)12(10)19-13(15)14(16,17)18/h5-9H,1-4H3. The lowest BCUT2D eigenvalue weighted by atomic mass is 9.93. The predicted molar refractivity (Wildman–Crippen MR) is 73.6 cm³/mol. The highest BCUT2D eigenvalue weighted by molar-refractivity contribution is 6.67. The highest BCUT2D eigenvalue weighted by Gasteiger charge is 2.35. The van der Waals surface area contributed by atoms with E-state index in [0.717, 1.165) is 11.1 Å². The van der Waals surface area contributed by atoms with Crippen LogP contribution in [0.1, 0.15) is 50.7 Å². The zero-order chi connectivity index (χ0) is 14.8. The van der Waals surface area contributed by atoms with E-state index in [1.807, 2.05) is 33.8 Å². The van der Waals surface area contributed by atoms with Gasteiger partial charge in [-0.25, -0.2) is 4.99 Å². The molecule has 0 saturated carbocycles. The maximum Gasteiger partial charge on any atom is 0.444 e. The van der Waals surface area contributed by atoms with Gasteiger partial charge in [-0.15, -0.1) is 0 Å². The first kappa shape index (κ1) is 16.0. The molecule has 1 aromatic carbocycles. The van der Waals surface area contributed by atoms with Crippen molar-refractivity contribution in [1.29, 1.82) is 0 Å². The van der Waals surface area contributed by atoms with E-state index < -0.39 is 11.3 Å². The Kier molecular flexibility index (Phi) is 5.02. The Hall–Kier alpha value is -1.03. The third-order valence-corrected chi connectivity index (χ3v) is 3.09. The van der Waals surface area contributed by atoms with Crippen LogP contribution in [-0.4, -0.2) is 11.3 Å². The third-order valence-electron chi connectivity index (χ3n) is 2.79. The Labute approximate surface area is 116 Å². The second kappa shape index (κ2) is 5.95. The summed E-state index contributed by atoms with van der Waals surface area (Å²) in [4.78, 5) is 3.63. The zero-order valence-electron chi connectivity index (χ0n) is 11.3. The second-order valence-electron chi connectivity index (χ2n) is 4.99. The molecule has 1 aromatic rings. The van der Waals surface area contributed by atoms with Crippen molar-refractivity contribution in [3.8, 4) is 0 Å². The van der Waals surface area contributed by atoms with Gasteiger partial charge in [0.25, 0.3) is 0 Å². The summed E-state index contributed by atoms with van der Waals surface area (Å²) in [6, 6.07) is 5.41. The quantitative estimate of drug-likeness (QED) is 0.627. The fourth-order valence-corrected chi connectivity index (χ4v) is 1.89. The van der Waals surface area contributed by atoms with Crippen molar-refractivity contribution >= 4 is 22.5 Å². The molecule has 0 bridgehead atoms. The fourth-order valence-electron chi connectivity index (χ4n) is 1.80. The maximum absolute atomic E-state index is 12.5. The van der Waals surface area contributed by atoms with Gasteiger partial charge in [0.1, 0.15) is 0 Å². The molecule has 0 radical (unpaired) electrons. The van der Waals surface area contributed by atoms with Gasteiger partial charge in [-0.2, -0.15) is 13.2 Å². The van der Waals surface area contributed by atoms with Gasteiger partial charge in [-0.1, -0.05) is 57.5 Å². The molecular weight excluding hydrogens is 275 g/mol. The first-order chi connectivity index (χ1) is 8.64. The molecule has 0 N–H and O–H groups in total. The van der Waals surface area contributed by atoms with E-state index in [4.69, 9.17) is 11.6 Å². The lowest BCUT2D eigenvalue weighted by Crippen LogP contribution is -2.17. The summed E-state index contributed by atoms with van der Waals surface area (Å²) in [5.41, 5.74) is 1.89. The van der Waals surface area contributed by atoms with Crippen LogP contribution in [0.4, 0.5) is 18.9 Å². The summed E-state index contributed by atoms with van der Waals surface area (Å²) >= 11 is 5.27. The van der Waals surface area contributed by atoms with Crippen LogP contribution < -0.4 is 0 Å². The van der Waals surface area contributed by atoms with Gasteiger partial charge < -0.3 is 0 Å². The highest BCUT2D eigenvalue weighted by atomic mass is 35.5. The summed E-state index contributed by atoms with van der Waals surface area (Å²) in [6.45, 7) is 7.67. The van der Waals surface area contributed by atoms with Crippen LogP contribution in [-0.2, 0) is 0 Å². The van der Waals surface area contributed by atoms with Gasteiger partial charge in [0.15, 0.2) is 0 Å². The lowest BCUT2D eigenvalue weighted by molar-refractivity contribution is -0.0558. The highest BCUT2D eigenvalue weighted by Crippen LogP contribution is 2.36. The van der Waals surface area contributed by atoms with E-state index in [2.05, 4.69) is 4.99 Å². The molecule has 1 rings (SSSR count). The maximum atomic E-state index is 12.5. The summed E-state index contributed by atoms with van der Waals surface area (Å²) in [5, 5.41) is -1.33. The average Bonchev–Trinajstić information content (AvgIpc) is 2.27. The van der Waals surface area contributed by atoms with Crippen LogP contribution in [0.2, 0.25) is 0 Å². The second-order valence-corrected chi connectivity index (χ2v) is 5.35. The van der Waals surface area contributed by atoms with Gasteiger partial charge in [0.05, 0.1) is 5.69 Å². The number of nitrogens with zero attached hydrogens (tertiary/aromatic N) is 1. The van der Waals surface area contributed by atoms with E-state index in [-0.39, 0.29) is 11.8 Å². The van der Waals surface area contributed by atoms with Crippen LogP contribution in [0.25, 0.3) is 0 Å². The molecule has 1 nitrogen and oxygen atoms in total. The Morgan fingerprint density at radius 1 is 1.05 bits per heavy atom. The van der Waals surface area contributed by atoms with E-state index in [1.165, 1.54) is 0 Å². The minimum Gasteiger partial charge on any atom is -0.232 e. The summed E-state index contributed by atoms with van der Waals surface area (Å²) in [5.74, 6) is 0.158. The minimum absolute atomic E-state index is 0.0788. The van der Waals surface area contributed by atoms with Crippen molar-refractivity contribution in [3.05, 3.63) is 29.3 Å². The zero-order valence-corrected chi connectivity index (χ0v) is 12.1. The van der Waals surface area contributed by atoms with Gasteiger partial charge in [0.2, 0.25) is 5.17 Å². The van der Waals surface area contributed by atoms with Crippen LogP contribution in [0.3, 0.4) is 0 Å². The average molecular weight is 292 g/mol. The van der Waals surface area contributed by atoms with Crippen LogP contribution in [0, 0.1) is 0 Å². The number of benzene rings is 1. The molecule has 0 amide bonds. The SMILES string of the molecule is CC(C)c1cccc(C(C)C)c1N=C(Cl)C(F)(F)F. The van der Waals surface area contributed by atoms with Gasteiger partial charge in [-0.05, 0) is 23.0 Å². The van der Waals surface area contributed by atoms with E-state index in [0.29, 0.717) is 5.69 Å². The normalized spacial score (nSPS) is 13.5. The molecular formula is C14H17ClF3N. The van der Waals surface area contributed by atoms with E-state index in [9.17, 15) is 13.2 Å². The summed E-state index contributed by atoms with van der Waals surface area (Å²) in [6.07, 6.45) is -4.61. The molecule has 0 aliphatic heterocycles. The van der Waals surface area contributed by atoms with E-state index in [1.54, 1.807) is 12.1 Å². The molecule has 0 fully saturated rings. The molecule has 0 aliphatic rings. The van der Waals surface area contributed by atoms with Crippen molar-refractivity contribution in [2.75, 3.05) is 0 Å². The molecule has 0 spiro atoms. The molecule has 0 aliphatic carbocycles. The number of hydrogen-bond acceptors (Lipinski definition) is 1. The van der Waals surface area contributed by atoms with Crippen LogP contribution in [0.5, 0.6) is 0 Å². The number of halogens is 4. The van der Waals surface area contributed by atoms with Gasteiger partial charge >= 0.3 is 6.18 Å². The molecule has 5 heteroatoms. The van der Waals surface area contributed by atoms with Crippen LogP contribution >= 0.6 is 11.6 Å². The molecule has 0 heterocycles. The number of alkyl halides is 3. The predicted octanol–water partition coefficient (Wildman–Crippen LogP) is 5.76. The molecule has 106 valence electrons. The fraction of sp³-hybridized carbons (Fsp3) is 0.500. The summed E-state index contributed by atoms with van der Waals surface area (Å²) < 4.78 is 37.6. The smallest absolute Gasteiger partial charge is 0.232 e. The van der Waals surface area contributed by atoms with Crippen LogP contribution in [0.15, 0.2) is 23.2 Å². The van der Waals surface area contributed by atoms with Gasteiger partial charge in [0, 0.05) is 0 Å². The number of para-hydroxylation sites is 1. The molecule has 0 atom stereocenters. The van der Waals surface area contributed by atoms with Gasteiger partial charge in [-0.3, -0.25) is 0 Å².